The molecule has 0 bridgehead atoms. The smallest absolute Gasteiger partial charge is 0.256 e. The van der Waals surface area contributed by atoms with E-state index in [4.69, 9.17) is 0 Å². The third kappa shape index (κ3) is 2.63. The summed E-state index contributed by atoms with van der Waals surface area (Å²) in [5.41, 5.74) is 4.22. The van der Waals surface area contributed by atoms with Crippen molar-refractivity contribution in [3.63, 3.8) is 0 Å². The second-order valence-electron chi connectivity index (χ2n) is 7.39. The Morgan fingerprint density at radius 3 is 2.71 bits per heavy atom. The van der Waals surface area contributed by atoms with Gasteiger partial charge in [-0.2, -0.15) is 0 Å². The van der Waals surface area contributed by atoms with Gasteiger partial charge >= 0.3 is 0 Å². The molecule has 2 aliphatic rings. The normalized spacial score (nSPS) is 22.4. The first-order valence-electron chi connectivity index (χ1n) is 9.26. The second kappa shape index (κ2) is 6.25. The van der Waals surface area contributed by atoms with Crippen LogP contribution in [0.5, 0.6) is 0 Å². The molecule has 3 heterocycles. The van der Waals surface area contributed by atoms with Crippen molar-refractivity contribution in [1.82, 2.24) is 14.8 Å². The highest BCUT2D eigenvalue weighted by Gasteiger charge is 2.30. The van der Waals surface area contributed by atoms with E-state index in [-0.39, 0.29) is 5.91 Å². The minimum absolute atomic E-state index is 0.186. The molecule has 128 valence electrons. The maximum Gasteiger partial charge on any atom is 0.256 e. The van der Waals surface area contributed by atoms with Gasteiger partial charge in [0, 0.05) is 30.2 Å². The number of carbonyl (C=O) groups excluding carboxylic acids is 1. The average molecular weight is 325 g/mol. The summed E-state index contributed by atoms with van der Waals surface area (Å²) >= 11 is 0. The Balaban J connectivity index is 1.60. The van der Waals surface area contributed by atoms with Crippen LogP contribution >= 0.6 is 0 Å². The number of hydrogen-bond donors (Lipinski definition) is 1. The molecule has 4 rings (SSSR count). The molecule has 2 saturated heterocycles. The second-order valence-corrected chi connectivity index (χ2v) is 7.39. The van der Waals surface area contributed by atoms with Gasteiger partial charge in [-0.05, 0) is 64.3 Å². The summed E-state index contributed by atoms with van der Waals surface area (Å²) < 4.78 is 0. The Labute approximate surface area is 143 Å². The monoisotopic (exact) mass is 325 g/mol. The fraction of sp³-hybridized carbons (Fsp3) is 0.550. The fourth-order valence-corrected chi connectivity index (χ4v) is 4.38. The molecule has 1 aromatic carbocycles. The highest BCUT2D eigenvalue weighted by molar-refractivity contribution is 6.06. The summed E-state index contributed by atoms with van der Waals surface area (Å²) in [5.74, 6) is 0.186. The largest absolute Gasteiger partial charge is 0.358 e. The zero-order chi connectivity index (χ0) is 16.7. The first kappa shape index (κ1) is 15.7. The molecular weight excluding hydrogens is 298 g/mol. The van der Waals surface area contributed by atoms with Gasteiger partial charge in [-0.1, -0.05) is 12.1 Å². The molecule has 1 N–H and O–H groups in total. The molecule has 2 aromatic rings. The molecule has 4 heteroatoms. The summed E-state index contributed by atoms with van der Waals surface area (Å²) in [4.78, 5) is 21.3. The number of benzene rings is 1. The number of rotatable bonds is 2. The lowest BCUT2D eigenvalue weighted by Crippen LogP contribution is -2.49. The number of fused-ring (bicyclic) bond motifs is 1. The van der Waals surface area contributed by atoms with E-state index in [2.05, 4.69) is 34.7 Å². The van der Waals surface area contributed by atoms with Crippen molar-refractivity contribution in [2.24, 2.45) is 0 Å². The predicted octanol–water partition coefficient (Wildman–Crippen LogP) is 3.49. The molecule has 1 atom stereocenters. The predicted molar refractivity (Wildman–Crippen MR) is 97.5 cm³/mol. The van der Waals surface area contributed by atoms with Crippen molar-refractivity contribution in [2.45, 2.75) is 45.6 Å². The van der Waals surface area contributed by atoms with Crippen molar-refractivity contribution < 1.29 is 4.79 Å². The van der Waals surface area contributed by atoms with Crippen LogP contribution in [0.1, 0.15) is 47.3 Å². The molecule has 2 aliphatic heterocycles. The molecule has 1 aromatic heterocycles. The van der Waals surface area contributed by atoms with E-state index in [0.29, 0.717) is 6.04 Å². The van der Waals surface area contributed by atoms with Crippen LogP contribution < -0.4 is 0 Å². The summed E-state index contributed by atoms with van der Waals surface area (Å²) in [6, 6.07) is 6.64. The maximum absolute atomic E-state index is 13.2. The van der Waals surface area contributed by atoms with Crippen molar-refractivity contribution in [2.75, 3.05) is 26.2 Å². The molecule has 24 heavy (non-hydrogen) atoms. The zero-order valence-corrected chi connectivity index (χ0v) is 14.8. The van der Waals surface area contributed by atoms with Gasteiger partial charge in [0.15, 0.2) is 0 Å². The Hall–Kier alpha value is -1.81. The van der Waals surface area contributed by atoms with Crippen LogP contribution in [-0.2, 0) is 0 Å². The number of H-pyrrole nitrogens is 1. The van der Waals surface area contributed by atoms with E-state index in [1.165, 1.54) is 43.3 Å². The molecule has 1 unspecified atom stereocenters. The van der Waals surface area contributed by atoms with Crippen LogP contribution in [0.3, 0.4) is 0 Å². The van der Waals surface area contributed by atoms with Gasteiger partial charge in [0.25, 0.3) is 5.91 Å². The summed E-state index contributed by atoms with van der Waals surface area (Å²) in [5, 5.41) is 1.17. The van der Waals surface area contributed by atoms with E-state index in [1.54, 1.807) is 0 Å². The number of para-hydroxylation sites is 1. The molecule has 4 nitrogen and oxygen atoms in total. The first-order chi connectivity index (χ1) is 11.6. The van der Waals surface area contributed by atoms with Crippen molar-refractivity contribution in [1.29, 1.82) is 0 Å². The molecule has 0 saturated carbocycles. The summed E-state index contributed by atoms with van der Waals surface area (Å²) in [6.45, 7) is 8.38. The van der Waals surface area contributed by atoms with Crippen molar-refractivity contribution >= 4 is 16.8 Å². The maximum atomic E-state index is 13.2. The number of nitrogens with zero attached hydrogens (tertiary/aromatic N) is 2. The minimum atomic E-state index is 0.186. The van der Waals surface area contributed by atoms with Gasteiger partial charge < -0.3 is 9.88 Å². The topological polar surface area (TPSA) is 39.3 Å². The number of piperidine rings is 1. The number of aromatic amines is 1. The first-order valence-corrected chi connectivity index (χ1v) is 9.26. The van der Waals surface area contributed by atoms with Crippen LogP contribution in [0.2, 0.25) is 0 Å². The standard InChI is InChI=1S/C20H27N3O/c1-14-15(2)21-19-17(14)8-5-9-18(19)20(24)23-12-6-7-16(13-23)22-10-3-4-11-22/h5,8-9,16,21H,3-4,6-7,10-13H2,1-2H3. The van der Waals surface area contributed by atoms with Gasteiger partial charge in [-0.3, -0.25) is 9.69 Å². The fourth-order valence-electron chi connectivity index (χ4n) is 4.38. The van der Waals surface area contributed by atoms with E-state index in [9.17, 15) is 4.79 Å². The number of amides is 1. The van der Waals surface area contributed by atoms with Gasteiger partial charge in [-0.25, -0.2) is 0 Å². The van der Waals surface area contributed by atoms with E-state index >= 15 is 0 Å². The number of nitrogens with one attached hydrogen (secondary N) is 1. The lowest BCUT2D eigenvalue weighted by molar-refractivity contribution is 0.0609. The lowest BCUT2D eigenvalue weighted by Gasteiger charge is -2.37. The van der Waals surface area contributed by atoms with Crippen molar-refractivity contribution in [3.8, 4) is 0 Å². The Bertz CT molecular complexity index is 758. The third-order valence-electron chi connectivity index (χ3n) is 5.91. The molecule has 0 spiro atoms. The summed E-state index contributed by atoms with van der Waals surface area (Å²) in [6.07, 6.45) is 4.97. The van der Waals surface area contributed by atoms with Crippen LogP contribution in [0, 0.1) is 13.8 Å². The molecule has 1 amide bonds. The molecule has 2 fully saturated rings. The Morgan fingerprint density at radius 2 is 1.92 bits per heavy atom. The number of likely N-dealkylation sites (tertiary alicyclic amines) is 2. The molecule has 0 radical (unpaired) electrons. The Morgan fingerprint density at radius 1 is 1.12 bits per heavy atom. The highest BCUT2D eigenvalue weighted by atomic mass is 16.2. The SMILES string of the molecule is Cc1[nH]c2c(C(=O)N3CCCC(N4CCCC4)C3)cccc2c1C. The lowest BCUT2D eigenvalue weighted by atomic mass is 10.0. The summed E-state index contributed by atoms with van der Waals surface area (Å²) in [7, 11) is 0. The van der Waals surface area contributed by atoms with E-state index in [0.717, 1.165) is 36.3 Å². The highest BCUT2D eigenvalue weighted by Crippen LogP contribution is 2.27. The number of aryl methyl sites for hydroxylation is 2. The van der Waals surface area contributed by atoms with E-state index in [1.807, 2.05) is 12.1 Å². The van der Waals surface area contributed by atoms with Crippen LogP contribution in [0.4, 0.5) is 0 Å². The number of carbonyl (C=O) groups is 1. The van der Waals surface area contributed by atoms with Crippen LogP contribution in [0.25, 0.3) is 10.9 Å². The quantitative estimate of drug-likeness (QED) is 0.918. The Kier molecular flexibility index (Phi) is 4.09. The molecule has 0 aliphatic carbocycles. The number of aromatic nitrogens is 1. The van der Waals surface area contributed by atoms with Crippen molar-refractivity contribution in [3.05, 3.63) is 35.0 Å². The zero-order valence-electron chi connectivity index (χ0n) is 14.8. The van der Waals surface area contributed by atoms with Gasteiger partial charge in [-0.15, -0.1) is 0 Å². The van der Waals surface area contributed by atoms with Gasteiger partial charge in [0.1, 0.15) is 0 Å². The van der Waals surface area contributed by atoms with Crippen LogP contribution in [-0.4, -0.2) is 52.9 Å². The molecular formula is C20H27N3O. The van der Waals surface area contributed by atoms with Gasteiger partial charge in [0.2, 0.25) is 0 Å². The average Bonchev–Trinajstić information content (AvgIpc) is 3.24. The minimum Gasteiger partial charge on any atom is -0.358 e. The van der Waals surface area contributed by atoms with Gasteiger partial charge in [0.05, 0.1) is 11.1 Å². The third-order valence-corrected chi connectivity index (χ3v) is 5.91. The van der Waals surface area contributed by atoms with E-state index < -0.39 is 0 Å². The van der Waals surface area contributed by atoms with Crippen LogP contribution in [0.15, 0.2) is 18.2 Å². The number of hydrogen-bond acceptors (Lipinski definition) is 2.